The van der Waals surface area contributed by atoms with Gasteiger partial charge in [0, 0.05) is 18.7 Å². The van der Waals surface area contributed by atoms with Gasteiger partial charge in [0.1, 0.15) is 11.9 Å². The first kappa shape index (κ1) is 27.8. The minimum atomic E-state index is -1.35. The third-order valence-corrected chi connectivity index (χ3v) is 10.0. The summed E-state index contributed by atoms with van der Waals surface area (Å²) in [5.74, 6) is 0.180. The van der Waals surface area contributed by atoms with Crippen molar-refractivity contribution in [3.05, 3.63) is 23.9 Å². The van der Waals surface area contributed by atoms with Crippen LogP contribution in [0.25, 0.3) is 0 Å². The van der Waals surface area contributed by atoms with Crippen molar-refractivity contribution in [2.24, 2.45) is 22.7 Å². The predicted molar refractivity (Wildman–Crippen MR) is 142 cm³/mol. The molecule has 0 aliphatic heterocycles. The van der Waals surface area contributed by atoms with Crippen LogP contribution >= 0.6 is 0 Å². The summed E-state index contributed by atoms with van der Waals surface area (Å²) in [5.41, 5.74) is 6.55. The first-order chi connectivity index (χ1) is 17.5. The van der Waals surface area contributed by atoms with Gasteiger partial charge < -0.3 is 21.3 Å². The van der Waals surface area contributed by atoms with Gasteiger partial charge >= 0.3 is 5.97 Å². The molecule has 1 amide bonds. The number of anilines is 1. The Labute approximate surface area is 220 Å². The number of carbonyl (C=O) groups is 2. The quantitative estimate of drug-likeness (QED) is 0.246. The highest BCUT2D eigenvalue weighted by atomic mass is 16.4. The molecule has 0 saturated heterocycles. The minimum absolute atomic E-state index is 0.0566. The first-order valence-electron chi connectivity index (χ1n) is 13.9. The maximum atomic E-state index is 13.6. The van der Waals surface area contributed by atoms with Crippen molar-refractivity contribution >= 4 is 17.7 Å². The molecule has 206 valence electrons. The number of carboxylic acids is 1. The van der Waals surface area contributed by atoms with Gasteiger partial charge in [-0.1, -0.05) is 58.9 Å². The van der Waals surface area contributed by atoms with Crippen LogP contribution in [0.4, 0.5) is 5.82 Å². The number of nitrogens with zero attached hydrogens (tertiary/aromatic N) is 1. The number of carboxylic acid groups (broad SMARTS) is 1. The Hall–Kier alpha value is -2.23. The van der Waals surface area contributed by atoms with E-state index in [4.69, 9.17) is 5.73 Å². The lowest BCUT2D eigenvalue weighted by Gasteiger charge is -2.40. The molecule has 0 aromatic carbocycles. The van der Waals surface area contributed by atoms with Gasteiger partial charge in [-0.15, -0.1) is 0 Å². The maximum absolute atomic E-state index is 13.6. The maximum Gasteiger partial charge on any atom is 0.321 e. The molecule has 7 N–H and O–H groups in total. The standard InChI is InChI=1S/C28H45N5O4/c1-27(2)19-11-12-28(27,3)22(15-19)33-24(34)20(13-17-7-5-4-6-8-17)31-26(37)32-21(25(35)36)14-18-9-10-23(29)30-16-18/h9-10,16-17,19-22,26,31-32,37H,4-8,11-15H2,1-3H3,(H2,29,30)(H,33,34)(H,35,36)/t19-,20-,21?,22+,26?,28+/m1/s1. The van der Waals surface area contributed by atoms with Crippen LogP contribution in [0.5, 0.6) is 0 Å². The lowest BCUT2D eigenvalue weighted by molar-refractivity contribution is -0.140. The molecule has 37 heavy (non-hydrogen) atoms. The largest absolute Gasteiger partial charge is 0.480 e. The number of nitrogens with two attached hydrogens (primary N) is 1. The number of aliphatic carboxylic acids is 1. The lowest BCUT2D eigenvalue weighted by atomic mass is 9.69. The Morgan fingerprint density at radius 1 is 1.11 bits per heavy atom. The van der Waals surface area contributed by atoms with E-state index >= 15 is 0 Å². The van der Waals surface area contributed by atoms with E-state index in [2.05, 4.69) is 41.7 Å². The molecule has 9 heteroatoms. The molecule has 3 fully saturated rings. The summed E-state index contributed by atoms with van der Waals surface area (Å²) in [7, 11) is 0. The molecule has 6 atom stereocenters. The third kappa shape index (κ3) is 6.10. The van der Waals surface area contributed by atoms with Crippen molar-refractivity contribution < 1.29 is 19.8 Å². The molecule has 0 spiro atoms. The molecular formula is C28H45N5O4. The van der Waals surface area contributed by atoms with E-state index in [1.54, 1.807) is 12.1 Å². The second-order valence-electron chi connectivity index (χ2n) is 12.4. The van der Waals surface area contributed by atoms with E-state index < -0.39 is 24.4 Å². The number of aromatic nitrogens is 1. The number of pyridine rings is 1. The van der Waals surface area contributed by atoms with Gasteiger partial charge in [-0.2, -0.15) is 0 Å². The normalized spacial score (nSPS) is 29.5. The van der Waals surface area contributed by atoms with Crippen molar-refractivity contribution in [3.8, 4) is 0 Å². The van der Waals surface area contributed by atoms with E-state index in [-0.39, 0.29) is 29.2 Å². The topological polar surface area (TPSA) is 150 Å². The summed E-state index contributed by atoms with van der Waals surface area (Å²) in [5, 5.41) is 29.7. The summed E-state index contributed by atoms with van der Waals surface area (Å²) in [6.45, 7) is 6.95. The van der Waals surface area contributed by atoms with Crippen LogP contribution in [-0.2, 0) is 16.0 Å². The van der Waals surface area contributed by atoms with Gasteiger partial charge in [0.05, 0.1) is 6.04 Å². The Morgan fingerprint density at radius 3 is 2.38 bits per heavy atom. The third-order valence-electron chi connectivity index (χ3n) is 10.0. The van der Waals surface area contributed by atoms with Crippen molar-refractivity contribution in [2.45, 2.75) is 109 Å². The second kappa shape index (κ2) is 11.3. The number of rotatable bonds is 11. The van der Waals surface area contributed by atoms with Gasteiger partial charge in [-0.3, -0.25) is 20.2 Å². The van der Waals surface area contributed by atoms with E-state index in [1.807, 2.05) is 0 Å². The van der Waals surface area contributed by atoms with Crippen LogP contribution in [0.3, 0.4) is 0 Å². The summed E-state index contributed by atoms with van der Waals surface area (Å²) in [6.07, 6.45) is 9.94. The number of fused-ring (bicyclic) bond motifs is 2. The van der Waals surface area contributed by atoms with Gasteiger partial charge in [-0.25, -0.2) is 4.98 Å². The molecule has 2 bridgehead atoms. The molecule has 3 aliphatic rings. The van der Waals surface area contributed by atoms with Crippen LogP contribution in [0.2, 0.25) is 0 Å². The molecule has 2 unspecified atom stereocenters. The van der Waals surface area contributed by atoms with Crippen molar-refractivity contribution in [3.63, 3.8) is 0 Å². The number of carbonyl (C=O) groups excluding carboxylic acids is 1. The van der Waals surface area contributed by atoms with Crippen LogP contribution in [-0.4, -0.2) is 51.6 Å². The van der Waals surface area contributed by atoms with E-state index in [1.165, 1.54) is 19.0 Å². The average Bonchev–Trinajstić information content (AvgIpc) is 3.18. The number of hydrogen-bond donors (Lipinski definition) is 6. The molecule has 1 aromatic rings. The molecule has 3 saturated carbocycles. The molecule has 9 nitrogen and oxygen atoms in total. The number of amides is 1. The molecule has 0 radical (unpaired) electrons. The molecule has 3 aliphatic carbocycles. The fourth-order valence-electron chi connectivity index (χ4n) is 7.14. The SMILES string of the molecule is CC1(C)[C@@H]2CC[C@@]1(C)[C@@H](NC(=O)[C@@H](CC1CCCCC1)NC(O)NC(Cc1ccc(N)nc1)C(=O)O)C2. The zero-order chi connectivity index (χ0) is 26.8. The Balaban J connectivity index is 1.42. The number of nitrogen functional groups attached to an aromatic ring is 1. The lowest BCUT2D eigenvalue weighted by Crippen LogP contribution is -2.59. The Kier molecular flexibility index (Phi) is 8.45. The van der Waals surface area contributed by atoms with Gasteiger partial charge in [0.15, 0.2) is 6.35 Å². The summed E-state index contributed by atoms with van der Waals surface area (Å²) in [4.78, 5) is 29.6. The second-order valence-corrected chi connectivity index (χ2v) is 12.4. The zero-order valence-electron chi connectivity index (χ0n) is 22.5. The molecular weight excluding hydrogens is 470 g/mol. The molecule has 1 heterocycles. The van der Waals surface area contributed by atoms with Crippen molar-refractivity contribution in [1.82, 2.24) is 20.9 Å². The highest BCUT2D eigenvalue weighted by Crippen LogP contribution is 2.65. The zero-order valence-corrected chi connectivity index (χ0v) is 22.5. The van der Waals surface area contributed by atoms with Gasteiger partial charge in [-0.05, 0) is 60.0 Å². The van der Waals surface area contributed by atoms with Crippen molar-refractivity contribution in [2.75, 3.05) is 5.73 Å². The number of aliphatic hydroxyl groups excluding tert-OH is 1. The smallest absolute Gasteiger partial charge is 0.321 e. The highest BCUT2D eigenvalue weighted by molar-refractivity contribution is 5.82. The van der Waals surface area contributed by atoms with Crippen LogP contribution in [0.15, 0.2) is 18.3 Å². The number of hydrogen-bond acceptors (Lipinski definition) is 7. The Bertz CT molecular complexity index is 948. The fraction of sp³-hybridized carbons (Fsp3) is 0.750. The number of aliphatic hydroxyl groups is 1. The Morgan fingerprint density at radius 2 is 1.81 bits per heavy atom. The summed E-state index contributed by atoms with van der Waals surface area (Å²) < 4.78 is 0. The van der Waals surface area contributed by atoms with E-state index in [0.29, 0.717) is 29.6 Å². The predicted octanol–water partition coefficient (Wildman–Crippen LogP) is 2.78. The van der Waals surface area contributed by atoms with Crippen LogP contribution in [0, 0.1) is 22.7 Å². The van der Waals surface area contributed by atoms with E-state index in [9.17, 15) is 19.8 Å². The van der Waals surface area contributed by atoms with Crippen LogP contribution < -0.4 is 21.7 Å². The molecule has 1 aromatic heterocycles. The van der Waals surface area contributed by atoms with Gasteiger partial charge in [0.2, 0.25) is 5.91 Å². The minimum Gasteiger partial charge on any atom is -0.480 e. The highest BCUT2D eigenvalue weighted by Gasteiger charge is 2.61. The fourth-order valence-corrected chi connectivity index (χ4v) is 7.14. The first-order valence-corrected chi connectivity index (χ1v) is 13.9. The number of nitrogens with one attached hydrogen (secondary N) is 3. The summed E-state index contributed by atoms with van der Waals surface area (Å²) >= 11 is 0. The monoisotopic (exact) mass is 515 g/mol. The van der Waals surface area contributed by atoms with Gasteiger partial charge in [0.25, 0.3) is 0 Å². The van der Waals surface area contributed by atoms with Crippen LogP contribution in [0.1, 0.15) is 84.1 Å². The summed E-state index contributed by atoms with van der Waals surface area (Å²) in [6, 6.07) is 1.78. The molecule has 4 rings (SSSR count). The average molecular weight is 516 g/mol. The van der Waals surface area contributed by atoms with E-state index in [0.717, 1.165) is 38.5 Å². The van der Waals surface area contributed by atoms with Crippen molar-refractivity contribution in [1.29, 1.82) is 0 Å².